The summed E-state index contributed by atoms with van der Waals surface area (Å²) in [7, 11) is 1.65. The summed E-state index contributed by atoms with van der Waals surface area (Å²) < 4.78 is 12.2. The number of anilines is 1. The molecule has 0 spiro atoms. The van der Waals surface area contributed by atoms with E-state index >= 15 is 0 Å². The summed E-state index contributed by atoms with van der Waals surface area (Å²) in [6.07, 6.45) is 0.830. The molecule has 1 aromatic heterocycles. The van der Waals surface area contributed by atoms with Crippen molar-refractivity contribution in [1.82, 2.24) is 9.55 Å². The summed E-state index contributed by atoms with van der Waals surface area (Å²) in [5.41, 5.74) is 8.22. The van der Waals surface area contributed by atoms with Crippen molar-refractivity contribution in [2.45, 2.75) is 13.0 Å². The molecule has 2 N–H and O–H groups in total. The van der Waals surface area contributed by atoms with Gasteiger partial charge in [0, 0.05) is 20.3 Å². The number of hydrogen-bond donors (Lipinski definition) is 1. The molecule has 0 aliphatic carbocycles. The van der Waals surface area contributed by atoms with Gasteiger partial charge in [0.1, 0.15) is 0 Å². The predicted octanol–water partition coefficient (Wildman–Crippen LogP) is 1.54. The van der Waals surface area contributed by atoms with Gasteiger partial charge in [0.15, 0.2) is 0 Å². The highest BCUT2D eigenvalue weighted by atomic mass is 16.5. The number of imidazole rings is 1. The van der Waals surface area contributed by atoms with Gasteiger partial charge in [-0.15, -0.1) is 0 Å². The lowest BCUT2D eigenvalue weighted by molar-refractivity contribution is 0.0682. The highest BCUT2D eigenvalue weighted by molar-refractivity contribution is 5.79. The van der Waals surface area contributed by atoms with Gasteiger partial charge in [0.2, 0.25) is 5.95 Å². The van der Waals surface area contributed by atoms with Crippen molar-refractivity contribution in [2.75, 3.05) is 32.7 Å². The van der Waals surface area contributed by atoms with Crippen molar-refractivity contribution in [3.05, 3.63) is 23.8 Å². The van der Waals surface area contributed by atoms with E-state index in [1.54, 1.807) is 13.2 Å². The Balaban J connectivity index is 2.02. The Bertz CT molecular complexity index is 615. The van der Waals surface area contributed by atoms with Crippen LogP contribution in [0.5, 0.6) is 0 Å². The molecular weight excluding hydrogens is 256 g/mol. The van der Waals surface area contributed by atoms with E-state index in [9.17, 15) is 0 Å². The van der Waals surface area contributed by atoms with Crippen LogP contribution in [0.3, 0.4) is 0 Å². The third kappa shape index (κ3) is 3.26. The van der Waals surface area contributed by atoms with Crippen LogP contribution in [0.15, 0.2) is 18.2 Å². The number of benzene rings is 1. The van der Waals surface area contributed by atoms with Crippen LogP contribution in [0, 0.1) is 11.3 Å². The number of nitrogens with two attached hydrogens (primary N) is 1. The Morgan fingerprint density at radius 1 is 1.35 bits per heavy atom. The molecule has 6 nitrogen and oxygen atoms in total. The van der Waals surface area contributed by atoms with E-state index < -0.39 is 0 Å². The molecule has 20 heavy (non-hydrogen) atoms. The zero-order valence-electron chi connectivity index (χ0n) is 11.5. The summed E-state index contributed by atoms with van der Waals surface area (Å²) in [5.74, 6) is 0.465. The van der Waals surface area contributed by atoms with Gasteiger partial charge in [-0.25, -0.2) is 4.98 Å². The molecule has 0 aliphatic heterocycles. The first-order chi connectivity index (χ1) is 9.76. The molecule has 0 radical (unpaired) electrons. The van der Waals surface area contributed by atoms with Gasteiger partial charge in [-0.05, 0) is 24.6 Å². The van der Waals surface area contributed by atoms with Crippen LogP contribution < -0.4 is 5.73 Å². The fraction of sp³-hybridized carbons (Fsp3) is 0.429. The summed E-state index contributed by atoms with van der Waals surface area (Å²) in [4.78, 5) is 4.29. The van der Waals surface area contributed by atoms with Gasteiger partial charge in [0.05, 0.1) is 35.9 Å². The van der Waals surface area contributed by atoms with E-state index in [1.165, 1.54) is 0 Å². The average molecular weight is 274 g/mol. The van der Waals surface area contributed by atoms with Crippen LogP contribution in [-0.4, -0.2) is 36.5 Å². The molecule has 0 atom stereocenters. The van der Waals surface area contributed by atoms with E-state index in [0.29, 0.717) is 37.9 Å². The second-order valence-electron chi connectivity index (χ2n) is 4.40. The first-order valence-electron chi connectivity index (χ1n) is 6.49. The van der Waals surface area contributed by atoms with Crippen LogP contribution in [0.1, 0.15) is 12.0 Å². The maximum absolute atomic E-state index is 8.95. The van der Waals surface area contributed by atoms with Crippen LogP contribution in [0.2, 0.25) is 0 Å². The van der Waals surface area contributed by atoms with E-state index in [0.717, 1.165) is 17.5 Å². The molecule has 1 heterocycles. The molecule has 0 unspecified atom stereocenters. The van der Waals surface area contributed by atoms with Crippen molar-refractivity contribution in [3.8, 4) is 6.07 Å². The topological polar surface area (TPSA) is 86.1 Å². The first-order valence-corrected chi connectivity index (χ1v) is 6.49. The fourth-order valence-corrected chi connectivity index (χ4v) is 2.01. The van der Waals surface area contributed by atoms with E-state index in [1.807, 2.05) is 16.7 Å². The Kier molecular flexibility index (Phi) is 4.93. The summed E-state index contributed by atoms with van der Waals surface area (Å²) in [5, 5.41) is 8.95. The molecule has 1 aromatic carbocycles. The number of nitrogen functional groups attached to an aromatic ring is 1. The first kappa shape index (κ1) is 14.3. The maximum atomic E-state index is 8.95. The number of nitrogens with zero attached hydrogens (tertiary/aromatic N) is 3. The highest BCUT2D eigenvalue weighted by Crippen LogP contribution is 2.19. The van der Waals surface area contributed by atoms with Crippen LogP contribution >= 0.6 is 0 Å². The molecule has 2 rings (SSSR count). The predicted molar refractivity (Wildman–Crippen MR) is 76.2 cm³/mol. The third-order valence-corrected chi connectivity index (χ3v) is 3.01. The van der Waals surface area contributed by atoms with E-state index in [4.69, 9.17) is 20.5 Å². The Labute approximate surface area is 117 Å². The van der Waals surface area contributed by atoms with E-state index in [-0.39, 0.29) is 0 Å². The van der Waals surface area contributed by atoms with E-state index in [2.05, 4.69) is 11.1 Å². The van der Waals surface area contributed by atoms with Gasteiger partial charge < -0.3 is 19.8 Å². The number of rotatable bonds is 7. The second-order valence-corrected chi connectivity index (χ2v) is 4.40. The smallest absolute Gasteiger partial charge is 0.201 e. The van der Waals surface area contributed by atoms with Crippen LogP contribution in [0.25, 0.3) is 11.0 Å². The molecule has 6 heteroatoms. The third-order valence-electron chi connectivity index (χ3n) is 3.01. The number of aromatic nitrogens is 2. The van der Waals surface area contributed by atoms with Crippen LogP contribution in [-0.2, 0) is 16.0 Å². The molecule has 0 bridgehead atoms. The van der Waals surface area contributed by atoms with Crippen molar-refractivity contribution >= 4 is 17.0 Å². The van der Waals surface area contributed by atoms with Gasteiger partial charge in [-0.3, -0.25) is 0 Å². The zero-order valence-corrected chi connectivity index (χ0v) is 11.5. The SMILES string of the molecule is COCCOCCCn1c(N)nc2ccc(C#N)cc21. The Hall–Kier alpha value is -2.10. The van der Waals surface area contributed by atoms with Gasteiger partial charge in [0.25, 0.3) is 0 Å². The number of nitriles is 1. The fourth-order valence-electron chi connectivity index (χ4n) is 2.01. The van der Waals surface area contributed by atoms with Crippen molar-refractivity contribution in [2.24, 2.45) is 0 Å². The largest absolute Gasteiger partial charge is 0.382 e. The standard InChI is InChI=1S/C14H18N4O2/c1-19-7-8-20-6-2-5-18-13-9-11(10-15)3-4-12(13)17-14(18)16/h3-4,9H,2,5-8H2,1H3,(H2,16,17). The van der Waals surface area contributed by atoms with Crippen molar-refractivity contribution in [3.63, 3.8) is 0 Å². The maximum Gasteiger partial charge on any atom is 0.201 e. The number of methoxy groups -OCH3 is 1. The average Bonchev–Trinajstić information content (AvgIpc) is 2.77. The quantitative estimate of drug-likeness (QED) is 0.774. The minimum Gasteiger partial charge on any atom is -0.382 e. The monoisotopic (exact) mass is 274 g/mol. The van der Waals surface area contributed by atoms with Crippen molar-refractivity contribution < 1.29 is 9.47 Å². The lowest BCUT2D eigenvalue weighted by Crippen LogP contribution is -2.08. The molecule has 106 valence electrons. The molecule has 0 fully saturated rings. The molecule has 0 saturated heterocycles. The number of ether oxygens (including phenoxy) is 2. The van der Waals surface area contributed by atoms with Crippen molar-refractivity contribution in [1.29, 1.82) is 5.26 Å². The molecule has 0 saturated carbocycles. The van der Waals surface area contributed by atoms with Gasteiger partial charge in [-0.1, -0.05) is 0 Å². The lowest BCUT2D eigenvalue weighted by Gasteiger charge is -2.07. The number of hydrogen-bond acceptors (Lipinski definition) is 5. The Morgan fingerprint density at radius 2 is 2.20 bits per heavy atom. The summed E-state index contributed by atoms with van der Waals surface area (Å²) in [6.45, 7) is 2.54. The highest BCUT2D eigenvalue weighted by Gasteiger charge is 2.08. The molecule has 0 amide bonds. The minimum absolute atomic E-state index is 0.465. The lowest BCUT2D eigenvalue weighted by atomic mass is 10.2. The normalized spacial score (nSPS) is 10.8. The molecule has 2 aromatic rings. The molecule has 0 aliphatic rings. The second kappa shape index (κ2) is 6.89. The van der Waals surface area contributed by atoms with Gasteiger partial charge in [-0.2, -0.15) is 5.26 Å². The number of aryl methyl sites for hydroxylation is 1. The summed E-state index contributed by atoms with van der Waals surface area (Å²) >= 11 is 0. The van der Waals surface area contributed by atoms with Gasteiger partial charge >= 0.3 is 0 Å². The Morgan fingerprint density at radius 3 is 2.95 bits per heavy atom. The zero-order chi connectivity index (χ0) is 14.4. The molecular formula is C14H18N4O2. The van der Waals surface area contributed by atoms with Crippen LogP contribution in [0.4, 0.5) is 5.95 Å². The summed E-state index contributed by atoms with van der Waals surface area (Å²) in [6, 6.07) is 7.49. The minimum atomic E-state index is 0.465. The number of fused-ring (bicyclic) bond motifs is 1.